The van der Waals surface area contributed by atoms with Crippen molar-refractivity contribution >= 4 is 17.3 Å². The standard InChI is InChI=1S/C15H11ClF3N/c16-12-4-1-9(2-5-12)14-8-10-7-11(15(17,18)19)3-6-13(10)20-14/h1-7,14,20H,8H2. The molecule has 1 unspecified atom stereocenters. The van der Waals surface area contributed by atoms with Crippen molar-refractivity contribution in [1.29, 1.82) is 0 Å². The topological polar surface area (TPSA) is 12.0 Å². The Labute approximate surface area is 119 Å². The molecule has 0 radical (unpaired) electrons. The summed E-state index contributed by atoms with van der Waals surface area (Å²) in [6.45, 7) is 0. The SMILES string of the molecule is FC(F)(F)c1ccc2c(c1)CC(c1ccc(Cl)cc1)N2. The number of fused-ring (bicyclic) bond motifs is 1. The highest BCUT2D eigenvalue weighted by Gasteiger charge is 2.32. The molecule has 2 aromatic rings. The van der Waals surface area contributed by atoms with Gasteiger partial charge in [-0.25, -0.2) is 0 Å². The fraction of sp³-hybridized carbons (Fsp3) is 0.200. The maximum absolute atomic E-state index is 12.7. The molecule has 20 heavy (non-hydrogen) atoms. The summed E-state index contributed by atoms with van der Waals surface area (Å²) in [4.78, 5) is 0. The van der Waals surface area contributed by atoms with Crippen LogP contribution in [0.3, 0.4) is 0 Å². The monoisotopic (exact) mass is 297 g/mol. The fourth-order valence-electron chi connectivity index (χ4n) is 2.43. The molecule has 0 aromatic heterocycles. The molecule has 0 bridgehead atoms. The molecular weight excluding hydrogens is 287 g/mol. The van der Waals surface area contributed by atoms with Crippen LogP contribution in [0.1, 0.15) is 22.7 Å². The summed E-state index contributed by atoms with van der Waals surface area (Å²) in [6.07, 6.45) is -3.76. The highest BCUT2D eigenvalue weighted by molar-refractivity contribution is 6.30. The van der Waals surface area contributed by atoms with Crippen molar-refractivity contribution in [2.75, 3.05) is 5.32 Å². The van der Waals surface area contributed by atoms with Crippen LogP contribution in [0, 0.1) is 0 Å². The normalized spacial score (nSPS) is 17.7. The van der Waals surface area contributed by atoms with Crippen molar-refractivity contribution < 1.29 is 13.2 Å². The minimum absolute atomic E-state index is 0.00856. The number of nitrogens with one attached hydrogen (secondary N) is 1. The fourth-order valence-corrected chi connectivity index (χ4v) is 2.56. The average molecular weight is 298 g/mol. The molecule has 0 saturated heterocycles. The van der Waals surface area contributed by atoms with Gasteiger partial charge < -0.3 is 5.32 Å². The first-order valence-electron chi connectivity index (χ1n) is 6.15. The third-order valence-corrected chi connectivity index (χ3v) is 3.71. The molecule has 0 amide bonds. The Morgan fingerprint density at radius 2 is 1.75 bits per heavy atom. The van der Waals surface area contributed by atoms with E-state index in [0.717, 1.165) is 17.3 Å². The summed E-state index contributed by atoms with van der Waals surface area (Å²) >= 11 is 5.83. The van der Waals surface area contributed by atoms with Gasteiger partial charge in [0.2, 0.25) is 0 Å². The van der Waals surface area contributed by atoms with E-state index in [-0.39, 0.29) is 6.04 Å². The number of anilines is 1. The molecular formula is C15H11ClF3N. The van der Waals surface area contributed by atoms with Crippen molar-refractivity contribution in [3.05, 3.63) is 64.2 Å². The summed E-state index contributed by atoms with van der Waals surface area (Å²) in [5, 5.41) is 3.88. The molecule has 1 aliphatic rings. The Hall–Kier alpha value is -1.68. The molecule has 0 spiro atoms. The predicted molar refractivity (Wildman–Crippen MR) is 73.0 cm³/mol. The van der Waals surface area contributed by atoms with Crippen molar-refractivity contribution in [3.8, 4) is 0 Å². The van der Waals surface area contributed by atoms with Crippen molar-refractivity contribution in [1.82, 2.24) is 0 Å². The van der Waals surface area contributed by atoms with E-state index in [9.17, 15) is 13.2 Å². The number of rotatable bonds is 1. The van der Waals surface area contributed by atoms with E-state index in [2.05, 4.69) is 5.32 Å². The predicted octanol–water partition coefficient (Wildman–Crippen LogP) is 5.07. The van der Waals surface area contributed by atoms with Crippen molar-refractivity contribution in [2.45, 2.75) is 18.6 Å². The van der Waals surface area contributed by atoms with E-state index in [0.29, 0.717) is 17.0 Å². The van der Waals surface area contributed by atoms with E-state index >= 15 is 0 Å². The second kappa shape index (κ2) is 4.70. The zero-order valence-corrected chi connectivity index (χ0v) is 11.1. The smallest absolute Gasteiger partial charge is 0.378 e. The second-order valence-corrected chi connectivity index (χ2v) is 5.26. The first kappa shape index (κ1) is 13.3. The molecule has 0 fully saturated rings. The Bertz CT molecular complexity index is 635. The summed E-state index contributed by atoms with van der Waals surface area (Å²) in [7, 11) is 0. The number of hydrogen-bond donors (Lipinski definition) is 1. The van der Waals surface area contributed by atoms with Gasteiger partial charge in [0.25, 0.3) is 0 Å². The summed E-state index contributed by atoms with van der Waals surface area (Å²) in [6, 6.07) is 11.1. The highest BCUT2D eigenvalue weighted by atomic mass is 35.5. The van der Waals surface area contributed by atoms with Gasteiger partial charge in [-0.2, -0.15) is 13.2 Å². The summed E-state index contributed by atoms with van der Waals surface area (Å²) in [5.74, 6) is 0. The van der Waals surface area contributed by atoms with Gasteiger partial charge in [-0.3, -0.25) is 0 Å². The number of benzene rings is 2. The van der Waals surface area contributed by atoms with E-state index < -0.39 is 11.7 Å². The molecule has 0 saturated carbocycles. The van der Waals surface area contributed by atoms with Gasteiger partial charge >= 0.3 is 6.18 Å². The zero-order chi connectivity index (χ0) is 14.3. The lowest BCUT2D eigenvalue weighted by Crippen LogP contribution is -2.05. The molecule has 1 N–H and O–H groups in total. The molecule has 3 rings (SSSR count). The van der Waals surface area contributed by atoms with Crippen LogP contribution in [0.4, 0.5) is 18.9 Å². The molecule has 2 aromatic carbocycles. The Kier molecular flexibility index (Phi) is 3.13. The molecule has 1 nitrogen and oxygen atoms in total. The zero-order valence-electron chi connectivity index (χ0n) is 10.3. The van der Waals surface area contributed by atoms with Gasteiger partial charge in [0, 0.05) is 10.7 Å². The molecule has 1 atom stereocenters. The van der Waals surface area contributed by atoms with Crippen molar-refractivity contribution in [3.63, 3.8) is 0 Å². The third-order valence-electron chi connectivity index (χ3n) is 3.46. The van der Waals surface area contributed by atoms with Crippen LogP contribution in [0.2, 0.25) is 5.02 Å². The minimum atomic E-state index is -4.30. The molecule has 5 heteroatoms. The van der Waals surface area contributed by atoms with E-state index in [1.54, 1.807) is 12.1 Å². The van der Waals surface area contributed by atoms with E-state index in [4.69, 9.17) is 11.6 Å². The van der Waals surface area contributed by atoms with Gasteiger partial charge in [-0.15, -0.1) is 0 Å². The Morgan fingerprint density at radius 1 is 1.05 bits per heavy atom. The van der Waals surface area contributed by atoms with Crippen LogP contribution in [0.15, 0.2) is 42.5 Å². The third kappa shape index (κ3) is 2.48. The Morgan fingerprint density at radius 3 is 2.40 bits per heavy atom. The molecule has 1 aliphatic heterocycles. The van der Waals surface area contributed by atoms with Gasteiger partial charge in [0.05, 0.1) is 11.6 Å². The van der Waals surface area contributed by atoms with Crippen LogP contribution in [0.25, 0.3) is 0 Å². The van der Waals surface area contributed by atoms with Crippen LogP contribution < -0.4 is 5.32 Å². The highest BCUT2D eigenvalue weighted by Crippen LogP contribution is 2.38. The number of hydrogen-bond acceptors (Lipinski definition) is 1. The Balaban J connectivity index is 1.87. The quantitative estimate of drug-likeness (QED) is 0.775. The maximum atomic E-state index is 12.7. The lowest BCUT2D eigenvalue weighted by Gasteiger charge is -2.11. The molecule has 1 heterocycles. The first-order valence-corrected chi connectivity index (χ1v) is 6.53. The van der Waals surface area contributed by atoms with Gasteiger partial charge in [-0.05, 0) is 47.9 Å². The lowest BCUT2D eigenvalue weighted by atomic mass is 10.0. The summed E-state index contributed by atoms with van der Waals surface area (Å²) in [5.41, 5.74) is 1.87. The van der Waals surface area contributed by atoms with Gasteiger partial charge in [0.1, 0.15) is 0 Å². The molecule has 104 valence electrons. The van der Waals surface area contributed by atoms with E-state index in [1.807, 2.05) is 12.1 Å². The maximum Gasteiger partial charge on any atom is 0.416 e. The second-order valence-electron chi connectivity index (χ2n) is 4.82. The van der Waals surface area contributed by atoms with Crippen LogP contribution in [-0.4, -0.2) is 0 Å². The van der Waals surface area contributed by atoms with Crippen molar-refractivity contribution in [2.24, 2.45) is 0 Å². The summed E-state index contributed by atoms with van der Waals surface area (Å²) < 4.78 is 38.1. The van der Waals surface area contributed by atoms with E-state index in [1.165, 1.54) is 12.1 Å². The molecule has 0 aliphatic carbocycles. The largest absolute Gasteiger partial charge is 0.416 e. The van der Waals surface area contributed by atoms with Gasteiger partial charge in [-0.1, -0.05) is 23.7 Å². The van der Waals surface area contributed by atoms with Crippen LogP contribution in [-0.2, 0) is 12.6 Å². The minimum Gasteiger partial charge on any atom is -0.378 e. The lowest BCUT2D eigenvalue weighted by molar-refractivity contribution is -0.137. The van der Waals surface area contributed by atoms with Crippen LogP contribution in [0.5, 0.6) is 0 Å². The van der Waals surface area contributed by atoms with Gasteiger partial charge in [0.15, 0.2) is 0 Å². The number of halogens is 4. The van der Waals surface area contributed by atoms with Crippen LogP contribution >= 0.6 is 11.6 Å². The number of alkyl halides is 3. The first-order chi connectivity index (χ1) is 9.43. The average Bonchev–Trinajstić information content (AvgIpc) is 2.81.